The van der Waals surface area contributed by atoms with Gasteiger partial charge in [0.2, 0.25) is 11.8 Å². The van der Waals surface area contributed by atoms with Gasteiger partial charge in [0.25, 0.3) is 5.69 Å². The van der Waals surface area contributed by atoms with Gasteiger partial charge in [-0.1, -0.05) is 23.7 Å². The summed E-state index contributed by atoms with van der Waals surface area (Å²) in [5.41, 5.74) is 0.569. The number of aromatic nitrogens is 1. The van der Waals surface area contributed by atoms with Crippen LogP contribution >= 0.6 is 11.6 Å². The Morgan fingerprint density at radius 3 is 2.46 bits per heavy atom. The SMILES string of the molecule is CC(=O)c1cn(CC(=O)N2C[C@H](F)C[C@H]2C(=O)NCc2cccc(Cl)c2F)c2ccc(OC(=O)Oc3ccc([N+](=O)[O-])cc3)cc12. The Balaban J connectivity index is 1.29. The largest absolute Gasteiger partial charge is 0.519 e. The second-order valence-electron chi connectivity index (χ2n) is 10.4. The van der Waals surface area contributed by atoms with Crippen LogP contribution in [0.3, 0.4) is 0 Å². The van der Waals surface area contributed by atoms with Gasteiger partial charge in [0.05, 0.1) is 16.5 Å². The van der Waals surface area contributed by atoms with Crippen molar-refractivity contribution in [1.29, 1.82) is 0 Å². The summed E-state index contributed by atoms with van der Waals surface area (Å²) < 4.78 is 40.5. The van der Waals surface area contributed by atoms with Gasteiger partial charge in [-0.2, -0.15) is 0 Å². The molecule has 4 aromatic rings. The number of nitrogens with zero attached hydrogens (tertiary/aromatic N) is 3. The lowest BCUT2D eigenvalue weighted by Gasteiger charge is -2.24. The quantitative estimate of drug-likeness (QED) is 0.0831. The van der Waals surface area contributed by atoms with E-state index in [4.69, 9.17) is 21.1 Å². The molecule has 1 aliphatic rings. The maximum Gasteiger partial charge on any atom is 0.519 e. The van der Waals surface area contributed by atoms with Crippen LogP contribution in [0.5, 0.6) is 11.5 Å². The summed E-state index contributed by atoms with van der Waals surface area (Å²) in [4.78, 5) is 62.5. The van der Waals surface area contributed by atoms with E-state index in [0.717, 1.165) is 17.0 Å². The summed E-state index contributed by atoms with van der Waals surface area (Å²) in [6.45, 7) is 0.438. The molecule has 3 aromatic carbocycles. The molecule has 2 amide bonds. The number of likely N-dealkylation sites (tertiary alicyclic amines) is 1. The molecule has 1 saturated heterocycles. The number of benzene rings is 3. The molecule has 0 bridgehead atoms. The van der Waals surface area contributed by atoms with E-state index in [0.29, 0.717) is 10.9 Å². The Labute approximate surface area is 264 Å². The molecule has 0 radical (unpaired) electrons. The molecule has 1 aromatic heterocycles. The molecule has 15 heteroatoms. The minimum atomic E-state index is -1.46. The minimum absolute atomic E-state index is 0.00631. The molecule has 0 saturated carbocycles. The first-order valence-electron chi connectivity index (χ1n) is 13.8. The van der Waals surface area contributed by atoms with Crippen LogP contribution in [0.2, 0.25) is 5.02 Å². The van der Waals surface area contributed by atoms with Crippen molar-refractivity contribution in [1.82, 2.24) is 14.8 Å². The first kappa shape index (κ1) is 32.0. The Hall–Kier alpha value is -5.37. The van der Waals surface area contributed by atoms with Crippen molar-refractivity contribution in [2.45, 2.75) is 38.6 Å². The molecule has 5 rings (SSSR count). The number of nitro groups is 1. The molecular formula is C31H25ClF2N4O8. The molecule has 0 unspecified atom stereocenters. The summed E-state index contributed by atoms with van der Waals surface area (Å²) in [6, 6.07) is 12.3. The number of carbonyl (C=O) groups is 4. The van der Waals surface area contributed by atoms with E-state index in [1.54, 1.807) is 0 Å². The van der Waals surface area contributed by atoms with E-state index in [-0.39, 0.29) is 65.2 Å². The lowest BCUT2D eigenvalue weighted by Crippen LogP contribution is -2.46. The molecule has 238 valence electrons. The van der Waals surface area contributed by atoms with E-state index < -0.39 is 40.9 Å². The van der Waals surface area contributed by atoms with E-state index >= 15 is 0 Å². The van der Waals surface area contributed by atoms with Gasteiger partial charge in [-0.25, -0.2) is 13.6 Å². The highest BCUT2D eigenvalue weighted by molar-refractivity contribution is 6.30. The summed E-state index contributed by atoms with van der Waals surface area (Å²) in [7, 11) is 0. The van der Waals surface area contributed by atoms with E-state index in [2.05, 4.69) is 5.32 Å². The number of nitrogens with one attached hydrogen (secondary N) is 1. The number of Topliss-reactive ketones (excluding diaryl/α,β-unsaturated/α-hetero) is 1. The van der Waals surface area contributed by atoms with Gasteiger partial charge in [0, 0.05) is 53.3 Å². The van der Waals surface area contributed by atoms with Crippen molar-refractivity contribution in [3.05, 3.63) is 98.9 Å². The maximum atomic E-state index is 14.5. The number of rotatable bonds is 9. The van der Waals surface area contributed by atoms with Crippen LogP contribution in [-0.4, -0.2) is 56.9 Å². The zero-order valence-corrected chi connectivity index (χ0v) is 24.8. The van der Waals surface area contributed by atoms with Gasteiger partial charge in [0.15, 0.2) is 5.78 Å². The number of fused-ring (bicyclic) bond motifs is 1. The van der Waals surface area contributed by atoms with Gasteiger partial charge < -0.3 is 24.3 Å². The third-order valence-corrected chi connectivity index (χ3v) is 7.64. The number of alkyl halides is 1. The highest BCUT2D eigenvalue weighted by atomic mass is 35.5. The predicted octanol–water partition coefficient (Wildman–Crippen LogP) is 5.38. The van der Waals surface area contributed by atoms with Crippen molar-refractivity contribution in [3.63, 3.8) is 0 Å². The summed E-state index contributed by atoms with van der Waals surface area (Å²) in [6.07, 6.45) is -1.40. The summed E-state index contributed by atoms with van der Waals surface area (Å²) in [5.74, 6) is -2.27. The molecule has 2 atom stereocenters. The van der Waals surface area contributed by atoms with Crippen LogP contribution in [0.25, 0.3) is 10.9 Å². The smallest absolute Gasteiger partial charge is 0.395 e. The number of nitro benzene ring substituents is 1. The van der Waals surface area contributed by atoms with Crippen molar-refractivity contribution in [2.75, 3.05) is 6.54 Å². The molecule has 0 aliphatic carbocycles. The Bertz CT molecular complexity index is 1860. The predicted molar refractivity (Wildman–Crippen MR) is 160 cm³/mol. The fourth-order valence-electron chi connectivity index (χ4n) is 5.13. The van der Waals surface area contributed by atoms with Crippen LogP contribution < -0.4 is 14.8 Å². The third kappa shape index (κ3) is 6.96. The first-order valence-corrected chi connectivity index (χ1v) is 14.2. The average Bonchev–Trinajstić information content (AvgIpc) is 3.58. The number of non-ortho nitro benzene ring substituents is 1. The molecule has 1 aliphatic heterocycles. The van der Waals surface area contributed by atoms with Crippen LogP contribution in [-0.2, 0) is 22.7 Å². The maximum absolute atomic E-state index is 14.5. The fourth-order valence-corrected chi connectivity index (χ4v) is 5.32. The highest BCUT2D eigenvalue weighted by Gasteiger charge is 2.40. The molecule has 2 heterocycles. The minimum Gasteiger partial charge on any atom is -0.395 e. The molecular weight excluding hydrogens is 630 g/mol. The van der Waals surface area contributed by atoms with Crippen molar-refractivity contribution < 1.29 is 42.4 Å². The number of amides is 2. The molecule has 1 N–H and O–H groups in total. The number of carbonyl (C=O) groups excluding carboxylic acids is 4. The number of halogens is 3. The van der Waals surface area contributed by atoms with Crippen molar-refractivity contribution >= 4 is 51.9 Å². The number of hydrogen-bond donors (Lipinski definition) is 1. The normalized spacial score (nSPS) is 15.9. The van der Waals surface area contributed by atoms with Crippen LogP contribution in [0, 0.1) is 15.9 Å². The van der Waals surface area contributed by atoms with Gasteiger partial charge in [-0.3, -0.25) is 24.5 Å². The number of hydrogen-bond acceptors (Lipinski definition) is 8. The number of ether oxygens (including phenoxy) is 2. The second-order valence-corrected chi connectivity index (χ2v) is 10.8. The standard InChI is InChI=1S/C31H25ClF2N4O8/c1-17(39)24-15-36(26-10-9-22(12-23(24)26)46-31(42)45-21-7-5-20(6-8-21)38(43)44)16-28(40)37-14-19(33)11-27(37)30(41)35-13-18-3-2-4-25(32)29(18)34/h2-10,12,15,19,27H,11,13-14,16H2,1H3,(H,35,41)/t19-,27+/m1/s1. The van der Waals surface area contributed by atoms with Crippen LogP contribution in [0.15, 0.2) is 66.9 Å². The van der Waals surface area contributed by atoms with E-state index in [9.17, 15) is 38.1 Å². The Kier molecular flexibility index (Phi) is 9.28. The van der Waals surface area contributed by atoms with Crippen molar-refractivity contribution in [2.24, 2.45) is 0 Å². The van der Waals surface area contributed by atoms with Gasteiger partial charge in [-0.05, 0) is 43.3 Å². The molecule has 1 fully saturated rings. The summed E-state index contributed by atoms with van der Waals surface area (Å²) >= 11 is 5.79. The monoisotopic (exact) mass is 654 g/mol. The highest BCUT2D eigenvalue weighted by Crippen LogP contribution is 2.29. The summed E-state index contributed by atoms with van der Waals surface area (Å²) in [5, 5.41) is 13.6. The fraction of sp³-hybridized carbons (Fsp3) is 0.226. The third-order valence-electron chi connectivity index (χ3n) is 7.35. The molecule has 46 heavy (non-hydrogen) atoms. The van der Waals surface area contributed by atoms with E-state index in [1.807, 2.05) is 0 Å². The lowest BCUT2D eigenvalue weighted by molar-refractivity contribution is -0.384. The second kappa shape index (κ2) is 13.3. The van der Waals surface area contributed by atoms with E-state index in [1.165, 1.54) is 66.2 Å². The van der Waals surface area contributed by atoms with Gasteiger partial charge >= 0.3 is 6.16 Å². The van der Waals surface area contributed by atoms with Gasteiger partial charge in [0.1, 0.15) is 36.1 Å². The zero-order valence-electron chi connectivity index (χ0n) is 24.1. The van der Waals surface area contributed by atoms with Crippen LogP contribution in [0.4, 0.5) is 19.3 Å². The zero-order chi connectivity index (χ0) is 33.1. The average molecular weight is 655 g/mol. The first-order chi connectivity index (χ1) is 21.9. The van der Waals surface area contributed by atoms with Crippen molar-refractivity contribution in [3.8, 4) is 11.5 Å². The topological polar surface area (TPSA) is 150 Å². The lowest BCUT2D eigenvalue weighted by atomic mass is 10.1. The molecule has 12 nitrogen and oxygen atoms in total. The van der Waals surface area contributed by atoms with Gasteiger partial charge in [-0.15, -0.1) is 0 Å². The van der Waals surface area contributed by atoms with Crippen LogP contribution in [0.1, 0.15) is 29.3 Å². The molecule has 0 spiro atoms. The Morgan fingerprint density at radius 1 is 1.07 bits per heavy atom. The number of ketones is 1. The Morgan fingerprint density at radius 2 is 1.76 bits per heavy atom.